The van der Waals surface area contributed by atoms with E-state index in [0.717, 1.165) is 38.5 Å². The number of carbonyl (C=O) groups is 1. The lowest BCUT2D eigenvalue weighted by atomic mass is 10.1. The lowest BCUT2D eigenvalue weighted by molar-refractivity contribution is -0.129. The molecule has 0 aliphatic heterocycles. The summed E-state index contributed by atoms with van der Waals surface area (Å²) in [6.07, 6.45) is 11.9. The molecule has 0 fully saturated rings. The molecule has 0 atom stereocenters. The van der Waals surface area contributed by atoms with Gasteiger partial charge < -0.3 is 9.79 Å². The SMILES string of the molecule is O=C(CCCCCCCCCCCCCP(=O)(O)O)NO. The number of hydrogen-bond donors (Lipinski definition) is 4. The summed E-state index contributed by atoms with van der Waals surface area (Å²) < 4.78 is 10.6. The van der Waals surface area contributed by atoms with Gasteiger partial charge in [0.15, 0.2) is 0 Å². The van der Waals surface area contributed by atoms with Crippen LogP contribution in [0.3, 0.4) is 0 Å². The molecule has 0 unspecified atom stereocenters. The Morgan fingerprint density at radius 1 is 0.762 bits per heavy atom. The molecule has 0 bridgehead atoms. The van der Waals surface area contributed by atoms with Crippen LogP contribution in [0, 0.1) is 0 Å². The van der Waals surface area contributed by atoms with Gasteiger partial charge in [-0.1, -0.05) is 57.8 Å². The van der Waals surface area contributed by atoms with E-state index in [2.05, 4.69) is 0 Å². The highest BCUT2D eigenvalue weighted by Gasteiger charge is 2.10. The van der Waals surface area contributed by atoms with Crippen molar-refractivity contribution in [1.29, 1.82) is 0 Å². The smallest absolute Gasteiger partial charge is 0.324 e. The van der Waals surface area contributed by atoms with Crippen molar-refractivity contribution in [2.45, 2.75) is 77.0 Å². The molecule has 6 nitrogen and oxygen atoms in total. The van der Waals surface area contributed by atoms with Crippen LogP contribution in [0.15, 0.2) is 0 Å². The minimum atomic E-state index is -3.79. The molecule has 0 aromatic carbocycles. The summed E-state index contributed by atoms with van der Waals surface area (Å²) in [4.78, 5) is 28.1. The van der Waals surface area contributed by atoms with Gasteiger partial charge in [0, 0.05) is 12.6 Å². The first-order valence-electron chi connectivity index (χ1n) is 7.93. The molecule has 126 valence electrons. The predicted octanol–water partition coefficient (Wildman–Crippen LogP) is 3.35. The minimum absolute atomic E-state index is 0.0152. The van der Waals surface area contributed by atoms with Crippen LogP contribution in [0.25, 0.3) is 0 Å². The van der Waals surface area contributed by atoms with Gasteiger partial charge in [0.1, 0.15) is 0 Å². The van der Waals surface area contributed by atoms with E-state index in [9.17, 15) is 9.36 Å². The van der Waals surface area contributed by atoms with E-state index < -0.39 is 7.60 Å². The maximum atomic E-state index is 10.7. The molecule has 1 amide bonds. The quantitative estimate of drug-likeness (QED) is 0.170. The molecule has 21 heavy (non-hydrogen) atoms. The number of unbranched alkanes of at least 4 members (excludes halogenated alkanes) is 10. The Labute approximate surface area is 127 Å². The van der Waals surface area contributed by atoms with Crippen molar-refractivity contribution in [1.82, 2.24) is 5.48 Å². The Morgan fingerprint density at radius 2 is 1.14 bits per heavy atom. The Balaban J connectivity index is 3.09. The fourth-order valence-electron chi connectivity index (χ4n) is 2.25. The van der Waals surface area contributed by atoms with Crippen molar-refractivity contribution in [2.24, 2.45) is 0 Å². The normalized spacial score (nSPS) is 11.6. The van der Waals surface area contributed by atoms with Crippen LogP contribution < -0.4 is 5.48 Å². The molecular formula is C14H30NO5P. The van der Waals surface area contributed by atoms with Gasteiger partial charge in [-0.3, -0.25) is 14.6 Å². The van der Waals surface area contributed by atoms with Gasteiger partial charge in [0.2, 0.25) is 5.91 Å². The second-order valence-electron chi connectivity index (χ2n) is 5.56. The maximum absolute atomic E-state index is 10.7. The fraction of sp³-hybridized carbons (Fsp3) is 0.929. The third-order valence-corrected chi connectivity index (χ3v) is 4.38. The zero-order chi connectivity index (χ0) is 16.0. The molecular weight excluding hydrogens is 293 g/mol. The Hall–Kier alpha value is -0.420. The average molecular weight is 323 g/mol. The number of rotatable bonds is 14. The summed E-state index contributed by atoms with van der Waals surface area (Å²) in [5.74, 6) is -0.311. The van der Waals surface area contributed by atoms with Crippen molar-refractivity contribution in [2.75, 3.05) is 6.16 Å². The van der Waals surface area contributed by atoms with Crippen molar-refractivity contribution in [3.8, 4) is 0 Å². The first kappa shape index (κ1) is 20.6. The van der Waals surface area contributed by atoms with E-state index in [1.807, 2.05) is 0 Å². The lowest BCUT2D eigenvalue weighted by Gasteiger charge is -2.04. The van der Waals surface area contributed by atoms with E-state index in [0.29, 0.717) is 12.8 Å². The number of amides is 1. The van der Waals surface area contributed by atoms with Crippen molar-refractivity contribution < 1.29 is 24.4 Å². The summed E-state index contributed by atoms with van der Waals surface area (Å²) in [6, 6.07) is 0. The van der Waals surface area contributed by atoms with Gasteiger partial charge in [0.05, 0.1) is 0 Å². The predicted molar refractivity (Wildman–Crippen MR) is 82.2 cm³/mol. The molecule has 0 radical (unpaired) electrons. The highest BCUT2D eigenvalue weighted by Crippen LogP contribution is 2.35. The molecule has 0 aromatic heterocycles. The van der Waals surface area contributed by atoms with Crippen molar-refractivity contribution in [3.63, 3.8) is 0 Å². The third kappa shape index (κ3) is 17.5. The van der Waals surface area contributed by atoms with E-state index >= 15 is 0 Å². The topological polar surface area (TPSA) is 107 Å². The number of hydroxylamine groups is 1. The van der Waals surface area contributed by atoms with Crippen LogP contribution in [0.1, 0.15) is 77.0 Å². The van der Waals surface area contributed by atoms with Gasteiger partial charge in [-0.05, 0) is 12.8 Å². The highest BCUT2D eigenvalue weighted by molar-refractivity contribution is 7.51. The lowest BCUT2D eigenvalue weighted by Crippen LogP contribution is -2.17. The molecule has 0 aromatic rings. The zero-order valence-electron chi connectivity index (χ0n) is 12.8. The maximum Gasteiger partial charge on any atom is 0.325 e. The highest BCUT2D eigenvalue weighted by atomic mass is 31.2. The molecule has 0 saturated heterocycles. The second-order valence-corrected chi connectivity index (χ2v) is 7.34. The molecule has 0 saturated carbocycles. The van der Waals surface area contributed by atoms with Crippen LogP contribution in [0.5, 0.6) is 0 Å². The molecule has 0 heterocycles. The molecule has 0 aliphatic carbocycles. The van der Waals surface area contributed by atoms with Crippen molar-refractivity contribution in [3.05, 3.63) is 0 Å². The summed E-state index contributed by atoms with van der Waals surface area (Å²) >= 11 is 0. The van der Waals surface area contributed by atoms with Crippen LogP contribution in [-0.4, -0.2) is 27.1 Å². The molecule has 0 aliphatic rings. The number of hydrogen-bond acceptors (Lipinski definition) is 3. The summed E-state index contributed by atoms with van der Waals surface area (Å²) in [6.45, 7) is 0. The largest absolute Gasteiger partial charge is 0.325 e. The van der Waals surface area contributed by atoms with Crippen LogP contribution in [0.4, 0.5) is 0 Å². The first-order chi connectivity index (χ1) is 9.95. The monoisotopic (exact) mass is 323 g/mol. The Morgan fingerprint density at radius 3 is 1.52 bits per heavy atom. The van der Waals surface area contributed by atoms with Gasteiger partial charge in [-0.15, -0.1) is 0 Å². The molecule has 0 spiro atoms. The third-order valence-electron chi connectivity index (χ3n) is 3.48. The fourth-order valence-corrected chi connectivity index (χ4v) is 2.89. The average Bonchev–Trinajstić information content (AvgIpc) is 2.42. The summed E-state index contributed by atoms with van der Waals surface area (Å²) in [5, 5.41) is 8.31. The molecule has 7 heteroatoms. The standard InChI is InChI=1S/C14H30NO5P/c16-14(15-17)12-10-8-6-4-2-1-3-5-7-9-11-13-21(18,19)20/h17H,1-13H2,(H,15,16)(H2,18,19,20). The van der Waals surface area contributed by atoms with Crippen LogP contribution in [-0.2, 0) is 9.36 Å². The van der Waals surface area contributed by atoms with Crippen LogP contribution >= 0.6 is 7.60 Å². The molecule has 4 N–H and O–H groups in total. The van der Waals surface area contributed by atoms with E-state index in [4.69, 9.17) is 15.0 Å². The van der Waals surface area contributed by atoms with Gasteiger partial charge >= 0.3 is 7.60 Å². The number of carbonyl (C=O) groups excluding carboxylic acids is 1. The first-order valence-corrected chi connectivity index (χ1v) is 9.73. The van der Waals surface area contributed by atoms with E-state index in [1.165, 1.54) is 25.7 Å². The Bertz CT molecular complexity index is 306. The minimum Gasteiger partial charge on any atom is -0.324 e. The van der Waals surface area contributed by atoms with E-state index in [1.54, 1.807) is 5.48 Å². The molecule has 0 rings (SSSR count). The summed E-state index contributed by atoms with van der Waals surface area (Å²) in [7, 11) is -3.79. The van der Waals surface area contributed by atoms with Gasteiger partial charge in [0.25, 0.3) is 0 Å². The van der Waals surface area contributed by atoms with Crippen LogP contribution in [0.2, 0.25) is 0 Å². The number of nitrogens with one attached hydrogen (secondary N) is 1. The summed E-state index contributed by atoms with van der Waals surface area (Å²) in [5.41, 5.74) is 1.63. The van der Waals surface area contributed by atoms with Gasteiger partial charge in [-0.25, -0.2) is 5.48 Å². The van der Waals surface area contributed by atoms with Crippen molar-refractivity contribution >= 4 is 13.5 Å². The van der Waals surface area contributed by atoms with E-state index in [-0.39, 0.29) is 12.1 Å². The zero-order valence-corrected chi connectivity index (χ0v) is 13.7. The Kier molecular flexibility index (Phi) is 13.0. The van der Waals surface area contributed by atoms with Gasteiger partial charge in [-0.2, -0.15) is 0 Å². The second kappa shape index (κ2) is 13.3.